The summed E-state index contributed by atoms with van der Waals surface area (Å²) in [6.45, 7) is 13.7. The fraction of sp³-hybridized carbons (Fsp3) is 0.757. The maximum atomic E-state index is 12.0. The van der Waals surface area contributed by atoms with Gasteiger partial charge in [-0.15, -0.1) is 0 Å². The van der Waals surface area contributed by atoms with E-state index in [1.54, 1.807) is 0 Å². The van der Waals surface area contributed by atoms with Crippen molar-refractivity contribution in [2.24, 2.45) is 0 Å². The summed E-state index contributed by atoms with van der Waals surface area (Å²) in [5.41, 5.74) is 5.68. The van der Waals surface area contributed by atoms with Gasteiger partial charge in [-0.25, -0.2) is 0 Å². The molecule has 0 N–H and O–H groups in total. The second kappa shape index (κ2) is 28.0. The molecular formula is C37H66O2. The Bertz CT molecular complexity index is 703. The Morgan fingerprint density at radius 2 is 0.872 bits per heavy atom. The van der Waals surface area contributed by atoms with Crippen LogP contribution in [0.1, 0.15) is 176 Å². The zero-order chi connectivity index (χ0) is 29.0. The number of allylic oxidation sites excluding steroid dienone is 7. The number of unbranched alkanes of at least 4 members (excludes halogenated alkanes) is 13. The Morgan fingerprint density at radius 3 is 1.31 bits per heavy atom. The van der Waals surface area contributed by atoms with Crippen molar-refractivity contribution < 1.29 is 9.53 Å². The molecule has 0 heterocycles. The third-order valence-corrected chi connectivity index (χ3v) is 7.56. The lowest BCUT2D eigenvalue weighted by atomic mass is 10.0. The summed E-state index contributed by atoms with van der Waals surface area (Å²) in [5, 5.41) is 0. The van der Waals surface area contributed by atoms with Crippen molar-refractivity contribution in [2.45, 2.75) is 176 Å². The van der Waals surface area contributed by atoms with Crippen molar-refractivity contribution in [3.8, 4) is 0 Å². The highest BCUT2D eigenvalue weighted by Crippen LogP contribution is 2.15. The van der Waals surface area contributed by atoms with E-state index in [-0.39, 0.29) is 5.97 Å². The highest BCUT2D eigenvalue weighted by Gasteiger charge is 2.02. The van der Waals surface area contributed by atoms with Crippen LogP contribution in [0.25, 0.3) is 0 Å². The minimum atomic E-state index is -0.0436. The van der Waals surface area contributed by atoms with Crippen LogP contribution in [0, 0.1) is 0 Å². The van der Waals surface area contributed by atoms with E-state index in [1.807, 2.05) is 0 Å². The van der Waals surface area contributed by atoms with Crippen molar-refractivity contribution in [1.29, 1.82) is 0 Å². The number of esters is 1. The number of carbonyl (C=O) groups excluding carboxylic acids is 1. The van der Waals surface area contributed by atoms with Crippen molar-refractivity contribution in [3.63, 3.8) is 0 Å². The average Bonchev–Trinajstić information content (AvgIpc) is 2.88. The van der Waals surface area contributed by atoms with Gasteiger partial charge < -0.3 is 4.74 Å². The molecule has 2 heteroatoms. The normalized spacial score (nSPS) is 12.6. The molecule has 226 valence electrons. The molecule has 0 aliphatic rings. The molecule has 0 fully saturated rings. The second-order valence-electron chi connectivity index (χ2n) is 12.1. The lowest BCUT2D eigenvalue weighted by Crippen LogP contribution is -2.04. The van der Waals surface area contributed by atoms with Crippen LogP contribution >= 0.6 is 0 Å². The van der Waals surface area contributed by atoms with Crippen LogP contribution in [-0.4, -0.2) is 12.6 Å². The molecule has 0 aromatic heterocycles. The fourth-order valence-corrected chi connectivity index (χ4v) is 4.80. The lowest BCUT2D eigenvalue weighted by molar-refractivity contribution is -0.142. The molecule has 0 saturated carbocycles. The number of ether oxygens (including phenoxy) is 1. The predicted molar refractivity (Wildman–Crippen MR) is 174 cm³/mol. The first-order chi connectivity index (χ1) is 18.8. The Morgan fingerprint density at radius 1 is 0.487 bits per heavy atom. The van der Waals surface area contributed by atoms with Gasteiger partial charge in [0.15, 0.2) is 0 Å². The van der Waals surface area contributed by atoms with Gasteiger partial charge in [0, 0.05) is 6.42 Å². The quantitative estimate of drug-likeness (QED) is 0.0617. The molecule has 0 radical (unpaired) electrons. The maximum Gasteiger partial charge on any atom is 0.306 e. The summed E-state index contributed by atoms with van der Waals surface area (Å²) >= 11 is 0. The van der Waals surface area contributed by atoms with E-state index in [9.17, 15) is 4.79 Å². The van der Waals surface area contributed by atoms with Crippen molar-refractivity contribution in [1.82, 2.24) is 0 Å². The van der Waals surface area contributed by atoms with E-state index in [1.165, 1.54) is 106 Å². The van der Waals surface area contributed by atoms with E-state index in [0.717, 1.165) is 44.9 Å². The van der Waals surface area contributed by atoms with Crippen LogP contribution in [-0.2, 0) is 9.53 Å². The minimum absolute atomic E-state index is 0.0436. The molecule has 0 bridgehead atoms. The van der Waals surface area contributed by atoms with E-state index >= 15 is 0 Å². The van der Waals surface area contributed by atoms with Gasteiger partial charge in [-0.3, -0.25) is 4.79 Å². The third-order valence-electron chi connectivity index (χ3n) is 7.56. The van der Waals surface area contributed by atoms with Gasteiger partial charge in [0.05, 0.1) is 0 Å². The SMILES string of the molecule is CCCCCCCCCCCCCCCCC(=O)OC/C=C(\C)CC/C=C(\C)CC/C=C(\C)CCC=C(C)C. The largest absolute Gasteiger partial charge is 0.461 e. The lowest BCUT2D eigenvalue weighted by Gasteiger charge is -2.05. The molecule has 0 aromatic rings. The molecule has 0 unspecified atom stereocenters. The summed E-state index contributed by atoms with van der Waals surface area (Å²) in [6, 6.07) is 0. The summed E-state index contributed by atoms with van der Waals surface area (Å²) in [6.07, 6.45) is 35.1. The molecule has 39 heavy (non-hydrogen) atoms. The van der Waals surface area contributed by atoms with Crippen molar-refractivity contribution in [2.75, 3.05) is 6.61 Å². The van der Waals surface area contributed by atoms with Crippen LogP contribution in [0.4, 0.5) is 0 Å². The van der Waals surface area contributed by atoms with Gasteiger partial charge in [-0.05, 0) is 85.6 Å². The summed E-state index contributed by atoms with van der Waals surface area (Å²) in [4.78, 5) is 12.0. The molecule has 0 saturated heterocycles. The first kappa shape index (κ1) is 37.4. The highest BCUT2D eigenvalue weighted by atomic mass is 16.5. The number of carbonyl (C=O) groups is 1. The highest BCUT2D eigenvalue weighted by molar-refractivity contribution is 5.69. The molecule has 0 spiro atoms. The molecule has 0 aliphatic carbocycles. The van der Waals surface area contributed by atoms with Gasteiger partial charge in [-0.2, -0.15) is 0 Å². The fourth-order valence-electron chi connectivity index (χ4n) is 4.80. The first-order valence-electron chi connectivity index (χ1n) is 16.6. The Labute approximate surface area is 244 Å². The number of hydrogen-bond donors (Lipinski definition) is 0. The molecule has 0 aromatic carbocycles. The first-order valence-corrected chi connectivity index (χ1v) is 16.6. The molecule has 2 nitrogen and oxygen atoms in total. The third kappa shape index (κ3) is 29.2. The Kier molecular flexibility index (Phi) is 26.9. The number of rotatable bonds is 26. The second-order valence-corrected chi connectivity index (χ2v) is 12.1. The van der Waals surface area contributed by atoms with E-state index in [4.69, 9.17) is 4.74 Å². The zero-order valence-electron chi connectivity index (χ0n) is 27.2. The van der Waals surface area contributed by atoms with Crippen molar-refractivity contribution >= 4 is 5.97 Å². The van der Waals surface area contributed by atoms with Gasteiger partial charge in [0.25, 0.3) is 0 Å². The van der Waals surface area contributed by atoms with E-state index in [0.29, 0.717) is 13.0 Å². The Hall–Kier alpha value is -1.57. The predicted octanol–water partition coefficient (Wildman–Crippen LogP) is 12.5. The molecule has 0 amide bonds. The topological polar surface area (TPSA) is 26.3 Å². The molecule has 0 rings (SSSR count). The van der Waals surface area contributed by atoms with Gasteiger partial charge in [-0.1, -0.05) is 131 Å². The van der Waals surface area contributed by atoms with Crippen molar-refractivity contribution in [3.05, 3.63) is 46.6 Å². The van der Waals surface area contributed by atoms with Crippen LogP contribution in [0.2, 0.25) is 0 Å². The summed E-state index contributed by atoms with van der Waals surface area (Å²) < 4.78 is 5.43. The van der Waals surface area contributed by atoms with E-state index < -0.39 is 0 Å². The van der Waals surface area contributed by atoms with E-state index in [2.05, 4.69) is 65.8 Å². The standard InChI is InChI=1S/C37H66O2/c1-7-8-9-10-11-12-13-14-15-16-17-18-19-20-30-37(38)39-32-31-36(6)29-23-28-35(5)27-22-26-34(4)25-21-24-33(2)3/h24,26,28,31H,7-23,25,27,29-30,32H2,1-6H3/b34-26+,35-28+,36-31+. The number of hydrogen-bond acceptors (Lipinski definition) is 2. The maximum absolute atomic E-state index is 12.0. The molecular weight excluding hydrogens is 476 g/mol. The van der Waals surface area contributed by atoms with Gasteiger partial charge >= 0.3 is 5.97 Å². The summed E-state index contributed by atoms with van der Waals surface area (Å²) in [5.74, 6) is -0.0436. The monoisotopic (exact) mass is 543 g/mol. The molecule has 0 aliphatic heterocycles. The average molecular weight is 543 g/mol. The van der Waals surface area contributed by atoms with Crippen LogP contribution in [0.5, 0.6) is 0 Å². The van der Waals surface area contributed by atoms with Crippen LogP contribution < -0.4 is 0 Å². The minimum Gasteiger partial charge on any atom is -0.461 e. The zero-order valence-corrected chi connectivity index (χ0v) is 27.2. The Balaban J connectivity index is 3.69. The smallest absolute Gasteiger partial charge is 0.306 e. The van der Waals surface area contributed by atoms with Crippen LogP contribution in [0.3, 0.4) is 0 Å². The molecule has 0 atom stereocenters. The van der Waals surface area contributed by atoms with Gasteiger partial charge in [0.1, 0.15) is 6.61 Å². The van der Waals surface area contributed by atoms with Crippen LogP contribution in [0.15, 0.2) is 46.6 Å². The van der Waals surface area contributed by atoms with Gasteiger partial charge in [0.2, 0.25) is 0 Å². The summed E-state index contributed by atoms with van der Waals surface area (Å²) in [7, 11) is 0.